The lowest BCUT2D eigenvalue weighted by atomic mass is 10.1. The van der Waals surface area contributed by atoms with E-state index in [4.69, 9.17) is 0 Å². The summed E-state index contributed by atoms with van der Waals surface area (Å²) in [6, 6.07) is 7.80. The summed E-state index contributed by atoms with van der Waals surface area (Å²) in [5.41, 5.74) is 2.20. The molecule has 0 saturated carbocycles. The molecule has 2 aromatic heterocycles. The second-order valence-corrected chi connectivity index (χ2v) is 7.19. The van der Waals surface area contributed by atoms with Gasteiger partial charge in [-0.15, -0.1) is 0 Å². The van der Waals surface area contributed by atoms with E-state index in [1.54, 1.807) is 7.05 Å². The Bertz CT molecular complexity index is 1050. The van der Waals surface area contributed by atoms with Crippen molar-refractivity contribution in [3.8, 4) is 0 Å². The third-order valence-corrected chi connectivity index (χ3v) is 5.06. The summed E-state index contributed by atoms with van der Waals surface area (Å²) in [5.74, 6) is -0.404. The predicted octanol–water partition coefficient (Wildman–Crippen LogP) is 0.656. The number of anilines is 1. The number of fused-ring (bicyclic) bond motifs is 1. The van der Waals surface area contributed by atoms with Crippen molar-refractivity contribution in [2.45, 2.75) is 6.54 Å². The normalized spacial score (nSPS) is 15.8. The first-order valence-corrected chi connectivity index (χ1v) is 9.22. The largest absolute Gasteiger partial charge is 0.321 e. The Morgan fingerprint density at radius 1 is 1.14 bits per heavy atom. The summed E-state index contributed by atoms with van der Waals surface area (Å²) < 4.78 is 1.33. The van der Waals surface area contributed by atoms with Crippen LogP contribution in [0.2, 0.25) is 0 Å². The Labute approximate surface area is 162 Å². The van der Waals surface area contributed by atoms with E-state index in [-0.39, 0.29) is 22.3 Å². The highest BCUT2D eigenvalue weighted by Crippen LogP contribution is 2.15. The summed E-state index contributed by atoms with van der Waals surface area (Å²) >= 11 is 0. The number of piperazine rings is 1. The van der Waals surface area contributed by atoms with Crippen LogP contribution in [0.5, 0.6) is 0 Å². The molecule has 3 aromatic rings. The molecule has 28 heavy (non-hydrogen) atoms. The number of benzene rings is 1. The van der Waals surface area contributed by atoms with Gasteiger partial charge in [0.1, 0.15) is 5.52 Å². The van der Waals surface area contributed by atoms with Gasteiger partial charge >= 0.3 is 0 Å². The van der Waals surface area contributed by atoms with Crippen LogP contribution in [0.4, 0.5) is 5.69 Å². The van der Waals surface area contributed by atoms with Crippen LogP contribution in [0.15, 0.2) is 35.4 Å². The molecule has 9 heteroatoms. The maximum atomic E-state index is 12.6. The molecule has 0 aliphatic carbocycles. The molecule has 1 aromatic carbocycles. The van der Waals surface area contributed by atoms with Gasteiger partial charge in [-0.25, -0.2) is 4.98 Å². The zero-order valence-corrected chi connectivity index (χ0v) is 16.0. The number of rotatable bonds is 4. The highest BCUT2D eigenvalue weighted by atomic mass is 16.2. The van der Waals surface area contributed by atoms with Crippen LogP contribution >= 0.6 is 0 Å². The number of aromatic nitrogens is 4. The number of carbonyl (C=O) groups is 1. The molecule has 0 bridgehead atoms. The van der Waals surface area contributed by atoms with Gasteiger partial charge in [0.2, 0.25) is 0 Å². The number of carbonyl (C=O) groups excluding carboxylic acids is 1. The highest BCUT2D eigenvalue weighted by Gasteiger charge is 2.18. The summed E-state index contributed by atoms with van der Waals surface area (Å²) in [4.78, 5) is 33.5. The summed E-state index contributed by atoms with van der Waals surface area (Å²) in [7, 11) is 3.74. The Balaban J connectivity index is 1.44. The maximum absolute atomic E-state index is 12.6. The number of aryl methyl sites for hydroxylation is 1. The van der Waals surface area contributed by atoms with Crippen molar-refractivity contribution in [3.05, 3.63) is 52.2 Å². The first kappa shape index (κ1) is 18.3. The third-order valence-electron chi connectivity index (χ3n) is 5.06. The lowest BCUT2D eigenvalue weighted by Gasteiger charge is -2.32. The maximum Gasteiger partial charge on any atom is 0.279 e. The first-order valence-electron chi connectivity index (χ1n) is 9.22. The SMILES string of the molecule is CN1CCN(Cc2ccc(NC(=O)c3n[nH]c4c(=O)n(C)cnc34)cc2)CC1. The van der Waals surface area contributed by atoms with Crippen molar-refractivity contribution in [1.29, 1.82) is 0 Å². The van der Waals surface area contributed by atoms with Gasteiger partial charge in [-0.3, -0.25) is 19.6 Å². The van der Waals surface area contributed by atoms with Gasteiger partial charge in [0.15, 0.2) is 11.2 Å². The molecule has 1 aliphatic rings. The summed E-state index contributed by atoms with van der Waals surface area (Å²) in [5, 5.41) is 9.39. The van der Waals surface area contributed by atoms with E-state index < -0.39 is 5.91 Å². The Hall–Kier alpha value is -3.04. The second-order valence-electron chi connectivity index (χ2n) is 7.19. The number of hydrogen-bond donors (Lipinski definition) is 2. The molecular formula is C19H23N7O2. The zero-order valence-electron chi connectivity index (χ0n) is 16.0. The minimum Gasteiger partial charge on any atom is -0.321 e. The van der Waals surface area contributed by atoms with Crippen molar-refractivity contribution in [1.82, 2.24) is 29.5 Å². The van der Waals surface area contributed by atoms with E-state index in [0.29, 0.717) is 5.69 Å². The fraction of sp³-hybridized carbons (Fsp3) is 0.368. The number of hydrogen-bond acceptors (Lipinski definition) is 6. The molecule has 1 amide bonds. The van der Waals surface area contributed by atoms with Crippen molar-refractivity contribution < 1.29 is 4.79 Å². The van der Waals surface area contributed by atoms with E-state index in [1.165, 1.54) is 16.5 Å². The van der Waals surface area contributed by atoms with Crippen molar-refractivity contribution >= 4 is 22.6 Å². The molecule has 0 spiro atoms. The molecule has 0 radical (unpaired) electrons. The van der Waals surface area contributed by atoms with E-state index in [2.05, 4.69) is 37.3 Å². The predicted molar refractivity (Wildman–Crippen MR) is 106 cm³/mol. The third kappa shape index (κ3) is 3.67. The van der Waals surface area contributed by atoms with Crippen LogP contribution in [0.3, 0.4) is 0 Å². The van der Waals surface area contributed by atoms with E-state index >= 15 is 0 Å². The molecule has 1 saturated heterocycles. The average Bonchev–Trinajstić information content (AvgIpc) is 3.13. The monoisotopic (exact) mass is 381 g/mol. The molecule has 0 atom stereocenters. The number of likely N-dealkylation sites (N-methyl/N-ethyl adjacent to an activating group) is 1. The number of H-pyrrole nitrogens is 1. The van der Waals surface area contributed by atoms with Gasteiger partial charge in [-0.2, -0.15) is 5.10 Å². The summed E-state index contributed by atoms with van der Waals surface area (Å²) in [6.07, 6.45) is 1.38. The van der Waals surface area contributed by atoms with Gasteiger partial charge in [0, 0.05) is 45.5 Å². The molecule has 0 unspecified atom stereocenters. The topological polar surface area (TPSA) is 99.1 Å². The molecule has 9 nitrogen and oxygen atoms in total. The fourth-order valence-electron chi connectivity index (χ4n) is 3.29. The van der Waals surface area contributed by atoms with Crippen LogP contribution in [-0.2, 0) is 13.6 Å². The molecular weight excluding hydrogens is 358 g/mol. The fourth-order valence-corrected chi connectivity index (χ4v) is 3.29. The quantitative estimate of drug-likeness (QED) is 0.689. The standard InChI is InChI=1S/C19H23N7O2/c1-24-7-9-26(10-8-24)11-13-3-5-14(6-4-13)21-18(27)16-15-17(23-22-16)19(28)25(2)12-20-15/h3-6,12H,7-11H2,1-2H3,(H,21,27)(H,22,23). The van der Waals surface area contributed by atoms with E-state index in [0.717, 1.165) is 32.7 Å². The smallest absolute Gasteiger partial charge is 0.279 e. The molecule has 4 rings (SSSR count). The average molecular weight is 381 g/mol. The van der Waals surface area contributed by atoms with Crippen LogP contribution < -0.4 is 10.9 Å². The van der Waals surface area contributed by atoms with Crippen molar-refractivity contribution in [2.75, 3.05) is 38.5 Å². The highest BCUT2D eigenvalue weighted by molar-refractivity contribution is 6.09. The lowest BCUT2D eigenvalue weighted by Crippen LogP contribution is -2.43. The van der Waals surface area contributed by atoms with Gasteiger partial charge in [-0.1, -0.05) is 12.1 Å². The molecule has 3 heterocycles. The molecule has 146 valence electrons. The van der Waals surface area contributed by atoms with Crippen LogP contribution in [0, 0.1) is 0 Å². The number of amides is 1. The van der Waals surface area contributed by atoms with Gasteiger partial charge in [0.05, 0.1) is 6.33 Å². The van der Waals surface area contributed by atoms with Gasteiger partial charge < -0.3 is 14.8 Å². The number of aromatic amines is 1. The van der Waals surface area contributed by atoms with Crippen molar-refractivity contribution in [2.24, 2.45) is 7.05 Å². The van der Waals surface area contributed by atoms with Crippen LogP contribution in [-0.4, -0.2) is 68.7 Å². The molecule has 1 fully saturated rings. The number of nitrogens with one attached hydrogen (secondary N) is 2. The van der Waals surface area contributed by atoms with Crippen LogP contribution in [0.1, 0.15) is 16.1 Å². The second kappa shape index (κ2) is 7.53. The molecule has 1 aliphatic heterocycles. The summed E-state index contributed by atoms with van der Waals surface area (Å²) in [6.45, 7) is 5.20. The van der Waals surface area contributed by atoms with E-state index in [1.807, 2.05) is 24.3 Å². The Morgan fingerprint density at radius 3 is 2.57 bits per heavy atom. The first-order chi connectivity index (χ1) is 13.5. The lowest BCUT2D eigenvalue weighted by molar-refractivity contribution is 0.102. The Kier molecular flexibility index (Phi) is 4.93. The minimum atomic E-state index is -0.404. The van der Waals surface area contributed by atoms with Gasteiger partial charge in [0.25, 0.3) is 11.5 Å². The van der Waals surface area contributed by atoms with Crippen LogP contribution in [0.25, 0.3) is 11.0 Å². The van der Waals surface area contributed by atoms with Crippen molar-refractivity contribution in [3.63, 3.8) is 0 Å². The zero-order chi connectivity index (χ0) is 19.7. The van der Waals surface area contributed by atoms with Gasteiger partial charge in [-0.05, 0) is 24.7 Å². The molecule has 2 N–H and O–H groups in total. The minimum absolute atomic E-state index is 0.106. The van der Waals surface area contributed by atoms with E-state index in [9.17, 15) is 9.59 Å². The number of nitrogens with zero attached hydrogens (tertiary/aromatic N) is 5. The Morgan fingerprint density at radius 2 is 1.86 bits per heavy atom.